The number of rotatable bonds is 1. The Bertz CT molecular complexity index is 755. The third-order valence-electron chi connectivity index (χ3n) is 2.85. The van der Waals surface area contributed by atoms with Crippen LogP contribution in [0.3, 0.4) is 0 Å². The van der Waals surface area contributed by atoms with Crippen LogP contribution in [0.25, 0.3) is 26.9 Å². The molecule has 0 unspecified atom stereocenters. The number of fused-ring (bicyclic) bond motifs is 1. The Morgan fingerprint density at radius 2 is 1.95 bits per heavy atom. The maximum atomic E-state index is 7.05. The zero-order valence-electron chi connectivity index (χ0n) is 9.92. The third kappa shape index (κ3) is 2.56. The predicted octanol–water partition coefficient (Wildman–Crippen LogP) is 4.25. The summed E-state index contributed by atoms with van der Waals surface area (Å²) in [4.78, 5) is 7.77. The van der Waals surface area contributed by atoms with Crippen LogP contribution in [0.1, 0.15) is 0 Å². The first-order valence-electron chi connectivity index (χ1n) is 5.62. The van der Waals surface area contributed by atoms with Gasteiger partial charge in [-0.2, -0.15) is 0 Å². The maximum Gasteiger partial charge on any atom is 0.181 e. The Morgan fingerprint density at radius 1 is 1.11 bits per heavy atom. The quantitative estimate of drug-likeness (QED) is 0.537. The number of benzene rings is 2. The van der Waals surface area contributed by atoms with E-state index in [0.29, 0.717) is 5.69 Å². The Balaban J connectivity index is 0.00000133. The summed E-state index contributed by atoms with van der Waals surface area (Å²) >= 11 is 0. The van der Waals surface area contributed by atoms with Gasteiger partial charge in [-0.3, -0.25) is 0 Å². The molecule has 0 N–H and O–H groups in total. The molecule has 0 aliphatic carbocycles. The van der Waals surface area contributed by atoms with Gasteiger partial charge < -0.3 is 4.98 Å². The Kier molecular flexibility index (Phi) is 4.06. The fourth-order valence-corrected chi connectivity index (χ4v) is 2.00. The van der Waals surface area contributed by atoms with Gasteiger partial charge in [0.15, 0.2) is 5.69 Å². The first kappa shape index (κ1) is 13.4. The summed E-state index contributed by atoms with van der Waals surface area (Å²) in [6, 6.07) is 18.8. The molecule has 2 aromatic carbocycles. The first-order valence-corrected chi connectivity index (χ1v) is 5.62. The molecule has 0 aliphatic heterocycles. The van der Waals surface area contributed by atoms with Gasteiger partial charge in [-0.25, -0.2) is 4.85 Å². The molecule has 3 rings (SSSR count). The van der Waals surface area contributed by atoms with Gasteiger partial charge >= 0.3 is 0 Å². The van der Waals surface area contributed by atoms with Crippen molar-refractivity contribution < 1.29 is 20.1 Å². The largest absolute Gasteiger partial charge is 0.307 e. The molecule has 0 saturated heterocycles. The fourth-order valence-electron chi connectivity index (χ4n) is 2.00. The van der Waals surface area contributed by atoms with Gasteiger partial charge in [0.05, 0.1) is 6.57 Å². The molecule has 0 spiro atoms. The Labute approximate surface area is 125 Å². The van der Waals surface area contributed by atoms with Gasteiger partial charge in [0, 0.05) is 26.3 Å². The minimum atomic E-state index is 0. The van der Waals surface area contributed by atoms with Crippen LogP contribution in [0.4, 0.5) is 5.69 Å². The van der Waals surface area contributed by atoms with Crippen molar-refractivity contribution >= 4 is 16.5 Å². The summed E-state index contributed by atoms with van der Waals surface area (Å²) in [5.74, 6) is 0. The average Bonchev–Trinajstić information content (AvgIpc) is 2.47. The van der Waals surface area contributed by atoms with Crippen molar-refractivity contribution in [2.75, 3.05) is 0 Å². The van der Waals surface area contributed by atoms with Gasteiger partial charge in [0.2, 0.25) is 0 Å². The molecule has 0 bridgehead atoms. The average molecular weight is 421 g/mol. The second-order valence-electron chi connectivity index (χ2n) is 3.95. The molecule has 3 aromatic rings. The van der Waals surface area contributed by atoms with Crippen molar-refractivity contribution in [2.24, 2.45) is 0 Å². The number of hydrogen-bond donors (Lipinski definition) is 0. The van der Waals surface area contributed by atoms with E-state index in [1.807, 2.05) is 30.3 Å². The van der Waals surface area contributed by atoms with E-state index in [9.17, 15) is 0 Å². The van der Waals surface area contributed by atoms with E-state index < -0.39 is 0 Å². The standard InChI is InChI=1S/C16H9N2.Ir/c1-17-13-9-10-18-16(11-13)15-8-4-6-12-5-2-3-7-14(12)15;/h2-7,9-11H;/q-1;. The molecule has 2 nitrogen and oxygen atoms in total. The van der Waals surface area contributed by atoms with Crippen molar-refractivity contribution in [1.82, 2.24) is 4.98 Å². The van der Waals surface area contributed by atoms with Crippen molar-refractivity contribution in [3.63, 3.8) is 0 Å². The molecule has 3 heteroatoms. The molecule has 0 amide bonds. The van der Waals surface area contributed by atoms with Gasteiger partial charge in [-0.05, 0) is 11.8 Å². The van der Waals surface area contributed by atoms with Crippen LogP contribution < -0.4 is 0 Å². The SMILES string of the molecule is [C-]#[N+]c1ccnc(-c2[c-]ccc3ccccc23)c1.[Ir]. The second-order valence-corrected chi connectivity index (χ2v) is 3.95. The van der Waals surface area contributed by atoms with Crippen molar-refractivity contribution in [3.8, 4) is 11.3 Å². The van der Waals surface area contributed by atoms with Crippen LogP contribution in [0.2, 0.25) is 0 Å². The maximum absolute atomic E-state index is 7.05. The zero-order valence-corrected chi connectivity index (χ0v) is 12.3. The van der Waals surface area contributed by atoms with E-state index in [-0.39, 0.29) is 20.1 Å². The van der Waals surface area contributed by atoms with Gasteiger partial charge in [0.1, 0.15) is 0 Å². The minimum Gasteiger partial charge on any atom is -0.307 e. The zero-order chi connectivity index (χ0) is 12.4. The first-order chi connectivity index (χ1) is 8.88. The predicted molar refractivity (Wildman–Crippen MR) is 72.3 cm³/mol. The third-order valence-corrected chi connectivity index (χ3v) is 2.85. The summed E-state index contributed by atoms with van der Waals surface area (Å²) in [7, 11) is 0. The smallest absolute Gasteiger partial charge is 0.181 e. The van der Waals surface area contributed by atoms with E-state index in [1.165, 1.54) is 0 Å². The van der Waals surface area contributed by atoms with Gasteiger partial charge in [-0.15, -0.1) is 29.1 Å². The topological polar surface area (TPSA) is 17.2 Å². The summed E-state index contributed by atoms with van der Waals surface area (Å²) < 4.78 is 0. The molecular formula is C16H9IrN2-. The molecule has 1 aromatic heterocycles. The molecule has 1 heterocycles. The Hall–Kier alpha value is -2.01. The molecule has 0 atom stereocenters. The minimum absolute atomic E-state index is 0. The van der Waals surface area contributed by atoms with Crippen LogP contribution in [0, 0.1) is 12.6 Å². The monoisotopic (exact) mass is 422 g/mol. The van der Waals surface area contributed by atoms with Crippen molar-refractivity contribution in [2.45, 2.75) is 0 Å². The summed E-state index contributed by atoms with van der Waals surface area (Å²) in [5, 5.41) is 2.26. The van der Waals surface area contributed by atoms with Crippen LogP contribution in [0.15, 0.2) is 54.7 Å². The van der Waals surface area contributed by atoms with Crippen LogP contribution in [-0.4, -0.2) is 4.98 Å². The molecule has 93 valence electrons. The molecule has 19 heavy (non-hydrogen) atoms. The number of pyridine rings is 1. The molecule has 0 aliphatic rings. The number of nitrogens with zero attached hydrogens (tertiary/aromatic N) is 2. The van der Waals surface area contributed by atoms with E-state index in [4.69, 9.17) is 6.57 Å². The summed E-state index contributed by atoms with van der Waals surface area (Å²) in [6.07, 6.45) is 1.66. The van der Waals surface area contributed by atoms with E-state index >= 15 is 0 Å². The Morgan fingerprint density at radius 3 is 2.79 bits per heavy atom. The van der Waals surface area contributed by atoms with Crippen LogP contribution in [-0.2, 0) is 20.1 Å². The molecular weight excluding hydrogens is 412 g/mol. The summed E-state index contributed by atoms with van der Waals surface area (Å²) in [6.45, 7) is 7.05. The van der Waals surface area contributed by atoms with Crippen LogP contribution in [0.5, 0.6) is 0 Å². The normalized spacial score (nSPS) is 9.63. The van der Waals surface area contributed by atoms with E-state index in [2.05, 4.69) is 22.0 Å². The van der Waals surface area contributed by atoms with Crippen molar-refractivity contribution in [1.29, 1.82) is 0 Å². The molecule has 1 radical (unpaired) electrons. The van der Waals surface area contributed by atoms with Crippen LogP contribution >= 0.6 is 0 Å². The molecule has 0 fully saturated rings. The summed E-state index contributed by atoms with van der Waals surface area (Å²) in [5.41, 5.74) is 2.33. The molecule has 0 saturated carbocycles. The van der Waals surface area contributed by atoms with Crippen molar-refractivity contribution in [3.05, 3.63) is 72.2 Å². The second kappa shape index (κ2) is 5.75. The fraction of sp³-hybridized carbons (Fsp3) is 0. The van der Waals surface area contributed by atoms with Gasteiger partial charge in [-0.1, -0.05) is 35.7 Å². The van der Waals surface area contributed by atoms with Gasteiger partial charge in [0.25, 0.3) is 0 Å². The van der Waals surface area contributed by atoms with E-state index in [0.717, 1.165) is 22.0 Å². The number of aromatic nitrogens is 1. The number of hydrogen-bond acceptors (Lipinski definition) is 1. The van der Waals surface area contributed by atoms with E-state index in [1.54, 1.807) is 18.3 Å².